The molecule has 0 unspecified atom stereocenters. The van der Waals surface area contributed by atoms with Crippen LogP contribution in [0.3, 0.4) is 0 Å². The summed E-state index contributed by atoms with van der Waals surface area (Å²) in [6, 6.07) is 15.4. The highest BCUT2D eigenvalue weighted by molar-refractivity contribution is 9.10. The molecule has 4 nitrogen and oxygen atoms in total. The van der Waals surface area contributed by atoms with Gasteiger partial charge in [0, 0.05) is 94.8 Å². The molecular weight excluding hydrogens is 1100 g/mol. The average Bonchev–Trinajstić information content (AvgIpc) is 3.50. The monoisotopic (exact) mass is 1180 g/mol. The number of rotatable bonds is 0. The first-order chi connectivity index (χ1) is 39.0. The van der Waals surface area contributed by atoms with Gasteiger partial charge in [-0.15, -0.1) is 6.42 Å². The third kappa shape index (κ3) is 23.3. The molecule has 0 aliphatic carbocycles. The minimum absolute atomic E-state index is 0.215. The summed E-state index contributed by atoms with van der Waals surface area (Å²) >= 11 is 3.45. The highest BCUT2D eigenvalue weighted by Gasteiger charge is 2.24. The Morgan fingerprint density at radius 3 is 0.659 bits per heavy atom. The molecule has 4 aromatic heterocycles. The third-order valence-electron chi connectivity index (χ3n) is 12.4. The molecule has 4 aromatic rings. The van der Waals surface area contributed by atoms with Crippen molar-refractivity contribution in [2.75, 3.05) is 0 Å². The summed E-state index contributed by atoms with van der Waals surface area (Å²) in [6.07, 6.45) is 12.9. The van der Waals surface area contributed by atoms with Crippen LogP contribution in [0.5, 0.6) is 0 Å². The van der Waals surface area contributed by atoms with Crippen LogP contribution in [0.15, 0.2) is 145 Å². The van der Waals surface area contributed by atoms with Crippen LogP contribution >= 0.6 is 15.9 Å². The largest absolute Gasteiger partial charge is 0.247 e. The van der Waals surface area contributed by atoms with Crippen LogP contribution < -0.4 is 0 Å². The van der Waals surface area contributed by atoms with Crippen LogP contribution in [0.25, 0.3) is 0 Å². The predicted molar refractivity (Wildman–Crippen MR) is 359 cm³/mol. The van der Waals surface area contributed by atoms with Crippen molar-refractivity contribution in [1.82, 2.24) is 19.9 Å². The van der Waals surface area contributed by atoms with Crippen molar-refractivity contribution >= 4 is 15.9 Å². The first kappa shape index (κ1) is 69.1. The highest BCUT2D eigenvalue weighted by atomic mass is 79.9. The predicted octanol–water partition coefficient (Wildman–Crippen LogP) is 18.4. The maximum atomic E-state index is 5.87. The van der Waals surface area contributed by atoms with Crippen LogP contribution in [0.4, 0.5) is 0 Å². The second-order valence-electron chi connectivity index (χ2n) is 29.1. The zero-order valence-electron chi connectivity index (χ0n) is 55.2. The number of nitrogens with zero attached hydrogens (tertiary/aromatic N) is 4. The van der Waals surface area contributed by atoms with Crippen molar-refractivity contribution < 1.29 is 0 Å². The fourth-order valence-electron chi connectivity index (χ4n) is 6.77. The lowest BCUT2D eigenvalue weighted by Crippen LogP contribution is -2.11. The lowest BCUT2D eigenvalue weighted by Gasteiger charge is -2.20. The van der Waals surface area contributed by atoms with Crippen molar-refractivity contribution in [3.8, 4) is 95.2 Å². The van der Waals surface area contributed by atoms with Crippen molar-refractivity contribution in [2.24, 2.45) is 43.3 Å². The van der Waals surface area contributed by atoms with Crippen LogP contribution in [0.1, 0.15) is 206 Å². The van der Waals surface area contributed by atoms with Gasteiger partial charge >= 0.3 is 0 Å². The Morgan fingerprint density at radius 1 is 0.282 bits per heavy atom. The quantitative estimate of drug-likeness (QED) is 0.130. The van der Waals surface area contributed by atoms with E-state index < -0.39 is 0 Å². The maximum Gasteiger partial charge on any atom is 0.113 e. The van der Waals surface area contributed by atoms with Crippen molar-refractivity contribution in [1.29, 1.82) is 0 Å². The van der Waals surface area contributed by atoms with Crippen molar-refractivity contribution in [3.63, 3.8) is 0 Å². The molecule has 0 aliphatic heterocycles. The SMILES string of the molecule is C#CC(=C=C(C#Cc1ccc(C#CC(=C=C(C#Cc2ccc(C#CC(=C=C(C#Cc3ccc(C#CC(=C=C(C#Cc4ccc(Br)cn4)C(C)(C)C)C(C)(C)C)cn3)C(C)(C)C)C(C)(C)C)cn2)C(C)(C)C)C(C)(C)C)cn1)C(C)(C)C)C(C)(C)C. The summed E-state index contributed by atoms with van der Waals surface area (Å²) in [5, 5.41) is 0. The van der Waals surface area contributed by atoms with Gasteiger partial charge in [0.1, 0.15) is 22.8 Å². The van der Waals surface area contributed by atoms with Crippen molar-refractivity contribution in [2.45, 2.75) is 166 Å². The van der Waals surface area contributed by atoms with E-state index in [1.807, 2.05) is 48.5 Å². The van der Waals surface area contributed by atoms with E-state index in [4.69, 9.17) is 16.4 Å². The lowest BCUT2D eigenvalue weighted by atomic mass is 9.82. The van der Waals surface area contributed by atoms with E-state index in [0.29, 0.717) is 22.8 Å². The molecule has 0 radical (unpaired) electrons. The molecule has 0 bridgehead atoms. The number of terminal acetylenes is 1. The number of hydrogen-bond acceptors (Lipinski definition) is 4. The van der Waals surface area contributed by atoms with E-state index in [1.165, 1.54) is 0 Å². The molecule has 4 rings (SSSR count). The summed E-state index contributed by atoms with van der Waals surface area (Å²) < 4.78 is 0.907. The minimum Gasteiger partial charge on any atom is -0.247 e. The van der Waals surface area contributed by atoms with Gasteiger partial charge in [0.05, 0.1) is 39.0 Å². The highest BCUT2D eigenvalue weighted by Crippen LogP contribution is 2.33. The Bertz CT molecular complexity index is 3970. The van der Waals surface area contributed by atoms with Gasteiger partial charge in [-0.25, -0.2) is 19.9 Å². The molecule has 4 heterocycles. The number of aromatic nitrogens is 4. The Hall–Kier alpha value is -8.36. The van der Waals surface area contributed by atoms with E-state index in [2.05, 4.69) is 304 Å². The number of halogens is 1. The number of allylic oxidation sites excluding steroid dienone is 4. The molecule has 0 aromatic carbocycles. The second-order valence-corrected chi connectivity index (χ2v) is 30.0. The zero-order chi connectivity index (χ0) is 64.0. The van der Waals surface area contributed by atoms with Gasteiger partial charge in [0.15, 0.2) is 0 Å². The molecule has 85 heavy (non-hydrogen) atoms. The molecule has 5 heteroatoms. The van der Waals surface area contributed by atoms with E-state index in [-0.39, 0.29) is 43.3 Å². The van der Waals surface area contributed by atoms with Crippen molar-refractivity contribution in [3.05, 3.63) is 185 Å². The molecule has 0 amide bonds. The van der Waals surface area contributed by atoms with Gasteiger partial charge in [0.25, 0.3) is 0 Å². The molecule has 0 saturated carbocycles. The van der Waals surface area contributed by atoms with Gasteiger partial charge in [-0.2, -0.15) is 0 Å². The van der Waals surface area contributed by atoms with Crippen LogP contribution in [0.2, 0.25) is 0 Å². The van der Waals surface area contributed by atoms with E-state index >= 15 is 0 Å². The van der Waals surface area contributed by atoms with E-state index in [0.717, 1.165) is 65.7 Å². The smallest absolute Gasteiger partial charge is 0.113 e. The summed E-state index contributed by atoms with van der Waals surface area (Å²) in [4.78, 5) is 18.5. The molecule has 0 atom stereocenters. The molecule has 0 fully saturated rings. The number of hydrogen-bond donors (Lipinski definition) is 0. The molecular formula is C80H85BrN4. The molecule has 0 N–H and O–H groups in total. The first-order valence-electron chi connectivity index (χ1n) is 28.7. The second kappa shape index (κ2) is 28.0. The summed E-state index contributed by atoms with van der Waals surface area (Å²) in [7, 11) is 0. The standard InChI is InChI=1S/C80H85BrN4/c1-26-60(73(2,3)4)49-64(77(14,15)16)36-44-69-41-30-57(53-82-69)27-33-61(74(5,6)7)50-65(78(17,18)19)37-45-70-42-31-58(54-83-70)28-34-62(75(8,9)10)51-66(79(20,21)22)38-46-71-43-32-59(55-84-71)29-35-63(76(11,12)13)52-67(80(23,24)25)39-47-72-48-40-68(81)56-85-72/h1,30-32,40-43,48,53-56H,2-25H3. The molecule has 432 valence electrons. The topological polar surface area (TPSA) is 51.6 Å². The van der Waals surface area contributed by atoms with E-state index in [9.17, 15) is 0 Å². The zero-order valence-corrected chi connectivity index (χ0v) is 56.8. The van der Waals surface area contributed by atoms with Crippen LogP contribution in [0, 0.1) is 139 Å². The Kier molecular flexibility index (Phi) is 22.8. The lowest BCUT2D eigenvalue weighted by molar-refractivity contribution is 0.508. The van der Waals surface area contributed by atoms with Gasteiger partial charge in [-0.05, 0) is 88.1 Å². The van der Waals surface area contributed by atoms with E-state index in [1.54, 1.807) is 24.8 Å². The Balaban J connectivity index is 1.68. The summed E-state index contributed by atoms with van der Waals surface area (Å²) in [6.45, 7) is 50.9. The minimum atomic E-state index is -0.323. The Labute approximate surface area is 522 Å². The fraction of sp³-hybridized carbons (Fsp3) is 0.400. The molecule has 0 saturated heterocycles. The summed E-state index contributed by atoms with van der Waals surface area (Å²) in [5.41, 5.74) is 23.5. The normalized spacial score (nSPS) is 11.2. The molecule has 0 spiro atoms. The molecule has 0 aliphatic rings. The van der Waals surface area contributed by atoms with Crippen LogP contribution in [-0.2, 0) is 0 Å². The maximum absolute atomic E-state index is 5.87. The van der Waals surface area contributed by atoms with Gasteiger partial charge in [0.2, 0.25) is 0 Å². The summed E-state index contributed by atoms with van der Waals surface area (Å²) in [5.74, 6) is 49.5. The van der Waals surface area contributed by atoms with Gasteiger partial charge in [-0.3, -0.25) is 0 Å². The van der Waals surface area contributed by atoms with Gasteiger partial charge < -0.3 is 0 Å². The van der Waals surface area contributed by atoms with Gasteiger partial charge in [-0.1, -0.05) is 254 Å². The number of pyridine rings is 4. The first-order valence-corrected chi connectivity index (χ1v) is 29.5. The van der Waals surface area contributed by atoms with Crippen LogP contribution in [-0.4, -0.2) is 19.9 Å². The Morgan fingerprint density at radius 2 is 0.482 bits per heavy atom. The average molecular weight is 1180 g/mol. The third-order valence-corrected chi connectivity index (χ3v) is 12.9. The fourth-order valence-corrected chi connectivity index (χ4v) is 7.00.